The Kier molecular flexibility index (Phi) is 6.02. The number of hydrogen-bond acceptors (Lipinski definition) is 5. The molecule has 0 spiro atoms. The third kappa shape index (κ3) is 5.49. The molecule has 6 nitrogen and oxygen atoms in total. The minimum atomic E-state index is -0.891. The predicted octanol–water partition coefficient (Wildman–Crippen LogP) is 2.54. The van der Waals surface area contributed by atoms with Crippen molar-refractivity contribution in [3.63, 3.8) is 0 Å². The lowest BCUT2D eigenvalue weighted by molar-refractivity contribution is -0.150. The molecule has 0 unspecified atom stereocenters. The average molecular weight is 344 g/mol. The van der Waals surface area contributed by atoms with Crippen molar-refractivity contribution >= 4 is 11.9 Å². The van der Waals surface area contributed by atoms with Gasteiger partial charge in [-0.3, -0.25) is 4.79 Å². The maximum atomic E-state index is 11.8. The SMILES string of the molecule is CC(C)c1ccc(OCC(=O)OCC(=O)N[C@](C)(C#N)C2CC2)cc1. The number of carbonyl (C=O) groups excluding carboxylic acids is 2. The summed E-state index contributed by atoms with van der Waals surface area (Å²) in [7, 11) is 0. The largest absolute Gasteiger partial charge is 0.482 e. The molecule has 1 saturated carbocycles. The molecule has 134 valence electrons. The van der Waals surface area contributed by atoms with Crippen LogP contribution in [0.4, 0.5) is 0 Å². The molecule has 6 heteroatoms. The molecular formula is C19H24N2O4. The van der Waals surface area contributed by atoms with Crippen LogP contribution in [0.15, 0.2) is 24.3 Å². The van der Waals surface area contributed by atoms with Crippen LogP contribution in [0.25, 0.3) is 0 Å². The number of amides is 1. The van der Waals surface area contributed by atoms with E-state index >= 15 is 0 Å². The summed E-state index contributed by atoms with van der Waals surface area (Å²) in [5, 5.41) is 11.8. The molecule has 25 heavy (non-hydrogen) atoms. The fourth-order valence-corrected chi connectivity index (χ4v) is 2.49. The molecule has 1 aromatic rings. The Morgan fingerprint density at radius 1 is 1.28 bits per heavy atom. The molecule has 0 radical (unpaired) electrons. The number of hydrogen-bond donors (Lipinski definition) is 1. The number of ether oxygens (including phenoxy) is 2. The van der Waals surface area contributed by atoms with Gasteiger partial charge in [-0.2, -0.15) is 5.26 Å². The number of carbonyl (C=O) groups is 2. The van der Waals surface area contributed by atoms with Gasteiger partial charge in [0.1, 0.15) is 11.3 Å². The van der Waals surface area contributed by atoms with Crippen LogP contribution >= 0.6 is 0 Å². The van der Waals surface area contributed by atoms with Gasteiger partial charge in [-0.1, -0.05) is 26.0 Å². The highest BCUT2D eigenvalue weighted by atomic mass is 16.6. The first-order valence-electron chi connectivity index (χ1n) is 8.44. The molecule has 0 bridgehead atoms. The third-order valence-corrected chi connectivity index (χ3v) is 4.29. The van der Waals surface area contributed by atoms with Gasteiger partial charge in [0.15, 0.2) is 13.2 Å². The molecule has 1 aromatic carbocycles. The van der Waals surface area contributed by atoms with Crippen molar-refractivity contribution in [1.29, 1.82) is 5.26 Å². The zero-order valence-electron chi connectivity index (χ0n) is 14.9. The zero-order valence-corrected chi connectivity index (χ0v) is 14.9. The summed E-state index contributed by atoms with van der Waals surface area (Å²) in [6, 6.07) is 9.60. The normalized spacial score (nSPS) is 15.8. The topological polar surface area (TPSA) is 88.4 Å². The highest BCUT2D eigenvalue weighted by molar-refractivity contribution is 5.81. The van der Waals surface area contributed by atoms with Gasteiger partial charge in [-0.15, -0.1) is 0 Å². The number of esters is 1. The number of rotatable bonds is 8. The fraction of sp³-hybridized carbons (Fsp3) is 0.526. The molecule has 1 amide bonds. The van der Waals surface area contributed by atoms with E-state index in [2.05, 4.69) is 25.2 Å². The van der Waals surface area contributed by atoms with E-state index in [1.165, 1.54) is 5.56 Å². The predicted molar refractivity (Wildman–Crippen MR) is 91.9 cm³/mol. The zero-order chi connectivity index (χ0) is 18.4. The molecule has 0 aliphatic heterocycles. The van der Waals surface area contributed by atoms with E-state index < -0.39 is 24.0 Å². The van der Waals surface area contributed by atoms with Gasteiger partial charge >= 0.3 is 5.97 Å². The van der Waals surface area contributed by atoms with E-state index in [4.69, 9.17) is 9.47 Å². The highest BCUT2D eigenvalue weighted by Crippen LogP contribution is 2.39. The van der Waals surface area contributed by atoms with Gasteiger partial charge in [0, 0.05) is 0 Å². The monoisotopic (exact) mass is 344 g/mol. The van der Waals surface area contributed by atoms with Crippen LogP contribution in [-0.2, 0) is 14.3 Å². The van der Waals surface area contributed by atoms with Crippen molar-refractivity contribution in [2.75, 3.05) is 13.2 Å². The standard InChI is InChI=1S/C19H24N2O4/c1-13(2)14-4-8-16(9-5-14)24-11-18(23)25-10-17(22)21-19(3,12-20)15-6-7-15/h4-5,8-9,13,15H,6-7,10-11H2,1-3H3,(H,21,22)/t19-/m1/s1. The second-order valence-electron chi connectivity index (χ2n) is 6.81. The Morgan fingerprint density at radius 3 is 2.44 bits per heavy atom. The molecule has 1 aliphatic rings. The average Bonchev–Trinajstić information content (AvgIpc) is 3.44. The number of benzene rings is 1. The summed E-state index contributed by atoms with van der Waals surface area (Å²) in [6.07, 6.45) is 1.85. The van der Waals surface area contributed by atoms with Crippen LogP contribution in [0.1, 0.15) is 45.1 Å². The van der Waals surface area contributed by atoms with E-state index in [1.807, 2.05) is 12.1 Å². The summed E-state index contributed by atoms with van der Waals surface area (Å²) in [6.45, 7) is 5.19. The Labute approximate surface area is 148 Å². The molecule has 0 heterocycles. The van der Waals surface area contributed by atoms with Crippen molar-refractivity contribution in [3.8, 4) is 11.8 Å². The van der Waals surface area contributed by atoms with E-state index in [1.54, 1.807) is 19.1 Å². The Hall–Kier alpha value is -2.55. The highest BCUT2D eigenvalue weighted by Gasteiger charge is 2.43. The van der Waals surface area contributed by atoms with Crippen molar-refractivity contribution < 1.29 is 19.1 Å². The van der Waals surface area contributed by atoms with Gasteiger partial charge in [0.25, 0.3) is 5.91 Å². The van der Waals surface area contributed by atoms with Crippen LogP contribution in [0.5, 0.6) is 5.75 Å². The van der Waals surface area contributed by atoms with E-state index in [-0.39, 0.29) is 12.5 Å². The van der Waals surface area contributed by atoms with Gasteiger partial charge in [0.2, 0.25) is 0 Å². The number of nitriles is 1. The lowest BCUT2D eigenvalue weighted by Gasteiger charge is -2.22. The maximum absolute atomic E-state index is 11.8. The summed E-state index contributed by atoms with van der Waals surface area (Å²) in [5.41, 5.74) is 0.292. The lowest BCUT2D eigenvalue weighted by Crippen LogP contribution is -2.48. The van der Waals surface area contributed by atoms with Crippen LogP contribution < -0.4 is 10.1 Å². The van der Waals surface area contributed by atoms with Gasteiger partial charge in [0.05, 0.1) is 6.07 Å². The first-order valence-corrected chi connectivity index (χ1v) is 8.44. The summed E-state index contributed by atoms with van der Waals surface area (Å²) >= 11 is 0. The van der Waals surface area contributed by atoms with Gasteiger partial charge in [-0.05, 0) is 49.3 Å². The van der Waals surface area contributed by atoms with Crippen LogP contribution in [0, 0.1) is 17.2 Å². The molecule has 1 fully saturated rings. The van der Waals surface area contributed by atoms with Crippen molar-refractivity contribution in [3.05, 3.63) is 29.8 Å². The minimum absolute atomic E-state index is 0.175. The lowest BCUT2D eigenvalue weighted by atomic mass is 9.98. The molecule has 1 aliphatic carbocycles. The Bertz CT molecular complexity index is 659. The molecule has 1 atom stereocenters. The molecule has 0 aromatic heterocycles. The summed E-state index contributed by atoms with van der Waals surface area (Å²) in [4.78, 5) is 23.5. The minimum Gasteiger partial charge on any atom is -0.482 e. The Balaban J connectivity index is 1.71. The quantitative estimate of drug-likeness (QED) is 0.732. The van der Waals surface area contributed by atoms with E-state index in [0.29, 0.717) is 11.7 Å². The molecule has 0 saturated heterocycles. The number of nitrogens with zero attached hydrogens (tertiary/aromatic N) is 1. The van der Waals surface area contributed by atoms with Crippen molar-refractivity contribution in [2.24, 2.45) is 5.92 Å². The maximum Gasteiger partial charge on any atom is 0.344 e. The second-order valence-corrected chi connectivity index (χ2v) is 6.81. The molecule has 1 N–H and O–H groups in total. The first-order chi connectivity index (χ1) is 11.8. The molecule has 2 rings (SSSR count). The van der Waals surface area contributed by atoms with Crippen LogP contribution in [0.2, 0.25) is 0 Å². The molecular weight excluding hydrogens is 320 g/mol. The summed E-state index contributed by atoms with van der Waals surface area (Å²) in [5.74, 6) is 0.0527. The third-order valence-electron chi connectivity index (χ3n) is 4.29. The smallest absolute Gasteiger partial charge is 0.344 e. The fourth-order valence-electron chi connectivity index (χ4n) is 2.49. The second kappa shape index (κ2) is 8.02. The van der Waals surface area contributed by atoms with Crippen LogP contribution in [0.3, 0.4) is 0 Å². The van der Waals surface area contributed by atoms with E-state index in [9.17, 15) is 14.9 Å². The summed E-state index contributed by atoms with van der Waals surface area (Å²) < 4.78 is 10.2. The first kappa shape index (κ1) is 18.8. The van der Waals surface area contributed by atoms with Crippen LogP contribution in [-0.4, -0.2) is 30.6 Å². The number of nitrogens with one attached hydrogen (secondary N) is 1. The van der Waals surface area contributed by atoms with Gasteiger partial charge in [-0.25, -0.2) is 4.79 Å². The van der Waals surface area contributed by atoms with Gasteiger partial charge < -0.3 is 14.8 Å². The van der Waals surface area contributed by atoms with Crippen molar-refractivity contribution in [2.45, 2.75) is 45.1 Å². The Morgan fingerprint density at radius 2 is 1.92 bits per heavy atom. The van der Waals surface area contributed by atoms with Crippen molar-refractivity contribution in [1.82, 2.24) is 5.32 Å². The van der Waals surface area contributed by atoms with E-state index in [0.717, 1.165) is 12.8 Å².